The highest BCUT2D eigenvalue weighted by Crippen LogP contribution is 2.12. The van der Waals surface area contributed by atoms with E-state index in [2.05, 4.69) is 20.2 Å². The number of aliphatic hydroxyl groups excluding tert-OH is 1. The molecule has 1 aliphatic heterocycles. The highest BCUT2D eigenvalue weighted by molar-refractivity contribution is 5.35. The van der Waals surface area contributed by atoms with Gasteiger partial charge in [-0.15, -0.1) is 0 Å². The lowest BCUT2D eigenvalue weighted by atomic mass is 10.2. The highest BCUT2D eigenvalue weighted by atomic mass is 16.5. The van der Waals surface area contributed by atoms with Gasteiger partial charge in [-0.25, -0.2) is 9.97 Å². The number of nitrogens with one attached hydrogen (secondary N) is 1. The Morgan fingerprint density at radius 1 is 1.53 bits per heavy atom. The Bertz CT molecular complexity index is 414. The monoisotopic (exact) mass is 266 g/mol. The molecule has 0 aliphatic carbocycles. The SMILES string of the molecule is CCNc1cc(C)nc(CN2CCOCC2CO)n1. The zero-order valence-corrected chi connectivity index (χ0v) is 11.6. The number of aryl methyl sites for hydroxylation is 1. The lowest BCUT2D eigenvalue weighted by molar-refractivity contribution is -0.0322. The zero-order chi connectivity index (χ0) is 13.7. The Balaban J connectivity index is 2.08. The molecule has 2 N–H and O–H groups in total. The molecule has 106 valence electrons. The van der Waals surface area contributed by atoms with Gasteiger partial charge in [0.2, 0.25) is 0 Å². The van der Waals surface area contributed by atoms with Crippen LogP contribution in [0.2, 0.25) is 0 Å². The summed E-state index contributed by atoms with van der Waals surface area (Å²) in [6.45, 7) is 7.67. The zero-order valence-electron chi connectivity index (χ0n) is 11.6. The van der Waals surface area contributed by atoms with E-state index in [1.54, 1.807) is 0 Å². The summed E-state index contributed by atoms with van der Waals surface area (Å²) in [5.41, 5.74) is 0.953. The molecule has 19 heavy (non-hydrogen) atoms. The quantitative estimate of drug-likeness (QED) is 0.804. The van der Waals surface area contributed by atoms with E-state index in [0.717, 1.165) is 30.4 Å². The van der Waals surface area contributed by atoms with Crippen LogP contribution in [0, 0.1) is 6.92 Å². The number of hydrogen-bond acceptors (Lipinski definition) is 6. The molecule has 1 aromatic heterocycles. The summed E-state index contributed by atoms with van der Waals surface area (Å²) in [5.74, 6) is 1.65. The fraction of sp³-hybridized carbons (Fsp3) is 0.692. The van der Waals surface area contributed by atoms with Crippen LogP contribution >= 0.6 is 0 Å². The molecule has 6 heteroatoms. The maximum atomic E-state index is 9.36. The largest absolute Gasteiger partial charge is 0.395 e. The van der Waals surface area contributed by atoms with E-state index >= 15 is 0 Å². The van der Waals surface area contributed by atoms with Crippen molar-refractivity contribution < 1.29 is 9.84 Å². The third-order valence-corrected chi connectivity index (χ3v) is 3.16. The molecule has 2 heterocycles. The Morgan fingerprint density at radius 3 is 3.11 bits per heavy atom. The molecule has 0 spiro atoms. The summed E-state index contributed by atoms with van der Waals surface area (Å²) in [7, 11) is 0. The van der Waals surface area contributed by atoms with Gasteiger partial charge in [-0.05, 0) is 13.8 Å². The van der Waals surface area contributed by atoms with Crippen molar-refractivity contribution in [2.24, 2.45) is 0 Å². The molecule has 0 radical (unpaired) electrons. The average Bonchev–Trinajstić information content (AvgIpc) is 2.39. The first-order valence-electron chi connectivity index (χ1n) is 6.74. The maximum Gasteiger partial charge on any atom is 0.144 e. The topological polar surface area (TPSA) is 70.5 Å². The minimum absolute atomic E-state index is 0.0421. The van der Waals surface area contributed by atoms with Gasteiger partial charge in [-0.2, -0.15) is 0 Å². The van der Waals surface area contributed by atoms with E-state index in [-0.39, 0.29) is 12.6 Å². The minimum Gasteiger partial charge on any atom is -0.395 e. The molecule has 1 saturated heterocycles. The van der Waals surface area contributed by atoms with Gasteiger partial charge in [0.1, 0.15) is 11.6 Å². The van der Waals surface area contributed by atoms with Crippen molar-refractivity contribution in [3.05, 3.63) is 17.6 Å². The second kappa shape index (κ2) is 6.79. The van der Waals surface area contributed by atoms with E-state index in [4.69, 9.17) is 4.74 Å². The average molecular weight is 266 g/mol. The van der Waals surface area contributed by atoms with Crippen molar-refractivity contribution in [3.63, 3.8) is 0 Å². The van der Waals surface area contributed by atoms with Crippen LogP contribution in [0.5, 0.6) is 0 Å². The summed E-state index contributed by atoms with van der Waals surface area (Å²) in [4.78, 5) is 11.1. The van der Waals surface area contributed by atoms with Crippen molar-refractivity contribution in [3.8, 4) is 0 Å². The normalized spacial score (nSPS) is 20.5. The molecule has 6 nitrogen and oxygen atoms in total. The second-order valence-corrected chi connectivity index (χ2v) is 4.72. The van der Waals surface area contributed by atoms with Crippen molar-refractivity contribution in [2.75, 3.05) is 38.2 Å². The first-order valence-corrected chi connectivity index (χ1v) is 6.74. The summed E-state index contributed by atoms with van der Waals surface area (Å²) < 4.78 is 5.37. The molecule has 2 rings (SSSR count). The summed E-state index contributed by atoms with van der Waals surface area (Å²) in [6, 6.07) is 1.98. The number of aromatic nitrogens is 2. The van der Waals surface area contributed by atoms with Gasteiger partial charge in [-0.1, -0.05) is 0 Å². The third-order valence-electron chi connectivity index (χ3n) is 3.16. The van der Waals surface area contributed by atoms with Gasteiger partial charge in [0.05, 0.1) is 32.4 Å². The standard InChI is InChI=1S/C13H22N4O2/c1-3-14-12-6-10(2)15-13(16-12)7-17-4-5-19-9-11(17)8-18/h6,11,18H,3-5,7-9H2,1-2H3,(H,14,15,16). The van der Waals surface area contributed by atoms with Gasteiger partial charge in [0.15, 0.2) is 0 Å². The molecule has 1 fully saturated rings. The van der Waals surface area contributed by atoms with E-state index < -0.39 is 0 Å². The van der Waals surface area contributed by atoms with Gasteiger partial charge in [0, 0.05) is 24.8 Å². The first-order chi connectivity index (χ1) is 9.22. The molecule has 0 bridgehead atoms. The molecule has 0 aromatic carbocycles. The number of ether oxygens (including phenoxy) is 1. The predicted octanol–water partition coefficient (Wildman–Crippen LogP) is 0.410. The Kier molecular flexibility index (Phi) is 5.07. The minimum atomic E-state index is 0.0421. The number of hydrogen-bond donors (Lipinski definition) is 2. The molecule has 1 atom stereocenters. The number of aliphatic hydroxyl groups is 1. The number of nitrogens with zero attached hydrogens (tertiary/aromatic N) is 3. The van der Waals surface area contributed by atoms with Crippen LogP contribution in [-0.2, 0) is 11.3 Å². The van der Waals surface area contributed by atoms with Crippen LogP contribution in [0.15, 0.2) is 6.07 Å². The first kappa shape index (κ1) is 14.2. The van der Waals surface area contributed by atoms with E-state index in [0.29, 0.717) is 19.8 Å². The molecule has 1 aromatic rings. The van der Waals surface area contributed by atoms with Crippen LogP contribution in [0.1, 0.15) is 18.4 Å². The smallest absolute Gasteiger partial charge is 0.144 e. The third kappa shape index (κ3) is 3.86. The number of morpholine rings is 1. The number of anilines is 1. The highest BCUT2D eigenvalue weighted by Gasteiger charge is 2.23. The van der Waals surface area contributed by atoms with Crippen molar-refractivity contribution in [2.45, 2.75) is 26.4 Å². The molecule has 1 unspecified atom stereocenters. The molecular formula is C13H22N4O2. The summed E-state index contributed by atoms with van der Waals surface area (Å²) in [6.07, 6.45) is 0. The molecule has 0 amide bonds. The van der Waals surface area contributed by atoms with Crippen LogP contribution in [-0.4, -0.2) is 58.9 Å². The van der Waals surface area contributed by atoms with Gasteiger partial charge >= 0.3 is 0 Å². The fourth-order valence-corrected chi connectivity index (χ4v) is 2.22. The predicted molar refractivity (Wildman–Crippen MR) is 73.0 cm³/mol. The van der Waals surface area contributed by atoms with Crippen LogP contribution in [0.4, 0.5) is 5.82 Å². The van der Waals surface area contributed by atoms with Crippen molar-refractivity contribution >= 4 is 5.82 Å². The van der Waals surface area contributed by atoms with E-state index in [9.17, 15) is 5.11 Å². The Hall–Kier alpha value is -1.24. The van der Waals surface area contributed by atoms with Crippen LogP contribution in [0.3, 0.4) is 0 Å². The van der Waals surface area contributed by atoms with Gasteiger partial charge in [0.25, 0.3) is 0 Å². The van der Waals surface area contributed by atoms with Crippen molar-refractivity contribution in [1.29, 1.82) is 0 Å². The fourth-order valence-electron chi connectivity index (χ4n) is 2.22. The van der Waals surface area contributed by atoms with E-state index in [1.807, 2.05) is 19.9 Å². The van der Waals surface area contributed by atoms with Crippen LogP contribution < -0.4 is 5.32 Å². The number of rotatable bonds is 5. The molecule has 1 aliphatic rings. The van der Waals surface area contributed by atoms with Crippen LogP contribution in [0.25, 0.3) is 0 Å². The van der Waals surface area contributed by atoms with Gasteiger partial charge < -0.3 is 15.2 Å². The van der Waals surface area contributed by atoms with Gasteiger partial charge in [-0.3, -0.25) is 4.90 Å². The summed E-state index contributed by atoms with van der Waals surface area (Å²) >= 11 is 0. The Labute approximate surface area is 113 Å². The van der Waals surface area contributed by atoms with Crippen molar-refractivity contribution in [1.82, 2.24) is 14.9 Å². The summed E-state index contributed by atoms with van der Waals surface area (Å²) in [5, 5.41) is 12.6. The maximum absolute atomic E-state index is 9.36. The second-order valence-electron chi connectivity index (χ2n) is 4.72. The Morgan fingerprint density at radius 2 is 2.37 bits per heavy atom. The molecular weight excluding hydrogens is 244 g/mol. The van der Waals surface area contributed by atoms with E-state index in [1.165, 1.54) is 0 Å². The lowest BCUT2D eigenvalue weighted by Gasteiger charge is -2.33. The lowest BCUT2D eigenvalue weighted by Crippen LogP contribution is -2.47. The molecule has 0 saturated carbocycles.